The maximum absolute atomic E-state index is 12.9. The zero-order chi connectivity index (χ0) is 19.7. The Hall–Kier alpha value is -2.83. The monoisotopic (exact) mass is 370 g/mol. The summed E-state index contributed by atoms with van der Waals surface area (Å²) >= 11 is 0. The number of Topliss-reactive ketones (excluding diaryl/α,β-unsaturated/α-hetero) is 1. The number of ether oxygens (including phenoxy) is 1. The van der Waals surface area contributed by atoms with Crippen molar-refractivity contribution in [2.45, 2.75) is 52.1 Å². The van der Waals surface area contributed by atoms with Crippen molar-refractivity contribution in [2.24, 2.45) is 10.9 Å². The lowest BCUT2D eigenvalue weighted by molar-refractivity contribution is -0.385. The molecule has 0 aromatic heterocycles. The Balaban J connectivity index is 2.21. The van der Waals surface area contributed by atoms with Crippen LogP contribution in [0.25, 0.3) is 0 Å². The average Bonchev–Trinajstić information content (AvgIpc) is 2.60. The van der Waals surface area contributed by atoms with Gasteiger partial charge in [-0.15, -0.1) is 0 Å². The topological polar surface area (TPSA) is 98.9 Å². The Kier molecular flexibility index (Phi) is 5.21. The highest BCUT2D eigenvalue weighted by atomic mass is 16.6. The zero-order valence-electron chi connectivity index (χ0n) is 15.6. The molecule has 2 atom stereocenters. The van der Waals surface area contributed by atoms with Gasteiger partial charge in [0.25, 0.3) is 5.69 Å². The molecule has 0 bridgehead atoms. The summed E-state index contributed by atoms with van der Waals surface area (Å²) in [5, 5.41) is 11.6. The van der Waals surface area contributed by atoms with Gasteiger partial charge in [0.15, 0.2) is 5.78 Å². The summed E-state index contributed by atoms with van der Waals surface area (Å²) in [6.45, 7) is 5.20. The molecule has 0 fully saturated rings. The lowest BCUT2D eigenvalue weighted by Crippen LogP contribution is -2.38. The lowest BCUT2D eigenvalue weighted by atomic mass is 9.71. The van der Waals surface area contributed by atoms with Crippen molar-refractivity contribution in [1.29, 1.82) is 0 Å². The van der Waals surface area contributed by atoms with Gasteiger partial charge < -0.3 is 4.74 Å². The summed E-state index contributed by atoms with van der Waals surface area (Å²) in [6, 6.07) is 6.27. The van der Waals surface area contributed by atoms with Crippen molar-refractivity contribution >= 4 is 23.2 Å². The quantitative estimate of drug-likeness (QED) is 0.457. The van der Waals surface area contributed by atoms with Crippen LogP contribution < -0.4 is 0 Å². The third-order valence-electron chi connectivity index (χ3n) is 4.91. The van der Waals surface area contributed by atoms with Crippen LogP contribution in [0.4, 0.5) is 5.69 Å². The van der Waals surface area contributed by atoms with Crippen molar-refractivity contribution in [3.8, 4) is 0 Å². The Morgan fingerprint density at radius 2 is 2.00 bits per heavy atom. The molecule has 142 valence electrons. The van der Waals surface area contributed by atoms with Crippen LogP contribution in [0.2, 0.25) is 0 Å². The van der Waals surface area contributed by atoms with E-state index in [9.17, 15) is 19.7 Å². The number of aliphatic imine (C=N–C) groups is 1. The number of hydrogen-bond donors (Lipinski definition) is 0. The molecule has 27 heavy (non-hydrogen) atoms. The summed E-state index contributed by atoms with van der Waals surface area (Å²) in [4.78, 5) is 41.2. The number of hydrogen-bond acceptors (Lipinski definition) is 6. The number of carbonyl (C=O) groups excluding carboxylic acids is 2. The molecule has 1 aliphatic carbocycles. The first-order valence-corrected chi connectivity index (χ1v) is 9.06. The van der Waals surface area contributed by atoms with Crippen molar-refractivity contribution in [1.82, 2.24) is 0 Å². The standard InChI is InChI=1S/C20H22N2O5/c1-11(2)27-20(24)17-12(3)21-14-8-6-10-16(23)19(14)18(17)13-7-4-5-9-15(13)22(25)26/h4-5,7,9,11,17-18H,6,8,10H2,1-3H3/t17?,18-/m1/s1. The van der Waals surface area contributed by atoms with E-state index in [4.69, 9.17) is 4.74 Å². The van der Waals surface area contributed by atoms with Gasteiger partial charge in [0.1, 0.15) is 5.92 Å². The van der Waals surface area contributed by atoms with Gasteiger partial charge in [-0.3, -0.25) is 24.7 Å². The van der Waals surface area contributed by atoms with Gasteiger partial charge in [-0.2, -0.15) is 0 Å². The number of rotatable bonds is 4. The maximum atomic E-state index is 12.9. The van der Waals surface area contributed by atoms with Crippen LogP contribution in [0.5, 0.6) is 0 Å². The first-order valence-electron chi connectivity index (χ1n) is 9.06. The van der Waals surface area contributed by atoms with E-state index in [-0.39, 0.29) is 17.6 Å². The van der Waals surface area contributed by atoms with Crippen molar-refractivity contribution in [3.63, 3.8) is 0 Å². The summed E-state index contributed by atoms with van der Waals surface area (Å²) < 4.78 is 5.40. The summed E-state index contributed by atoms with van der Waals surface area (Å²) in [5.74, 6) is -2.22. The second-order valence-corrected chi connectivity index (χ2v) is 7.15. The van der Waals surface area contributed by atoms with E-state index >= 15 is 0 Å². The van der Waals surface area contributed by atoms with Crippen molar-refractivity contribution < 1.29 is 19.2 Å². The van der Waals surface area contributed by atoms with E-state index in [0.717, 1.165) is 0 Å². The Labute approximate surface area is 157 Å². The highest BCUT2D eigenvalue weighted by Crippen LogP contribution is 2.46. The van der Waals surface area contributed by atoms with Gasteiger partial charge in [0.05, 0.1) is 11.0 Å². The molecule has 1 heterocycles. The molecule has 0 spiro atoms. The largest absolute Gasteiger partial charge is 0.462 e. The van der Waals surface area contributed by atoms with Gasteiger partial charge in [0, 0.05) is 41.0 Å². The highest BCUT2D eigenvalue weighted by molar-refractivity contribution is 6.09. The fourth-order valence-electron chi connectivity index (χ4n) is 3.87. The van der Waals surface area contributed by atoms with Gasteiger partial charge >= 0.3 is 5.97 Å². The Morgan fingerprint density at radius 3 is 2.67 bits per heavy atom. The SMILES string of the molecule is CC1=NC2=C(C(=O)CCC2)[C@H](c2ccccc2[N+](=O)[O-])C1C(=O)OC(C)C. The van der Waals surface area contributed by atoms with Crippen molar-refractivity contribution in [3.05, 3.63) is 51.2 Å². The van der Waals surface area contributed by atoms with E-state index in [1.807, 2.05) is 0 Å². The second kappa shape index (κ2) is 7.42. The number of nitro groups is 1. The van der Waals surface area contributed by atoms with Gasteiger partial charge in [-0.1, -0.05) is 18.2 Å². The normalized spacial score (nSPS) is 22.4. The molecule has 0 N–H and O–H groups in total. The number of allylic oxidation sites excluding steroid dienone is 2. The summed E-state index contributed by atoms with van der Waals surface area (Å²) in [6.07, 6.45) is 1.34. The number of benzene rings is 1. The summed E-state index contributed by atoms with van der Waals surface area (Å²) in [7, 11) is 0. The molecule has 1 aromatic rings. The van der Waals surface area contributed by atoms with E-state index in [1.54, 1.807) is 39.0 Å². The number of ketones is 1. The van der Waals surface area contributed by atoms with Crippen LogP contribution in [-0.2, 0) is 14.3 Å². The molecule has 0 amide bonds. The van der Waals surface area contributed by atoms with Gasteiger partial charge in [-0.05, 0) is 33.6 Å². The van der Waals surface area contributed by atoms with Crippen LogP contribution >= 0.6 is 0 Å². The van der Waals surface area contributed by atoms with Crippen molar-refractivity contribution in [2.75, 3.05) is 0 Å². The smallest absolute Gasteiger partial charge is 0.315 e. The Bertz CT molecular complexity index is 869. The molecule has 0 saturated heterocycles. The molecule has 7 nitrogen and oxygen atoms in total. The average molecular weight is 370 g/mol. The molecule has 3 rings (SSSR count). The van der Waals surface area contributed by atoms with Crippen LogP contribution in [-0.4, -0.2) is 28.5 Å². The highest BCUT2D eigenvalue weighted by Gasteiger charge is 2.45. The third kappa shape index (κ3) is 3.54. The van der Waals surface area contributed by atoms with E-state index < -0.39 is 22.7 Å². The zero-order valence-corrected chi connectivity index (χ0v) is 15.6. The van der Waals surface area contributed by atoms with E-state index in [0.29, 0.717) is 41.8 Å². The molecule has 1 aliphatic heterocycles. The first-order chi connectivity index (χ1) is 12.8. The lowest BCUT2D eigenvalue weighted by Gasteiger charge is -2.34. The van der Waals surface area contributed by atoms with E-state index in [1.165, 1.54) is 6.07 Å². The molecule has 0 radical (unpaired) electrons. The minimum Gasteiger partial charge on any atom is -0.462 e. The van der Waals surface area contributed by atoms with Gasteiger partial charge in [-0.25, -0.2) is 0 Å². The van der Waals surface area contributed by atoms with E-state index in [2.05, 4.69) is 4.99 Å². The van der Waals surface area contributed by atoms with Crippen LogP contribution in [0, 0.1) is 16.0 Å². The predicted octanol–water partition coefficient (Wildman–Crippen LogP) is 3.73. The maximum Gasteiger partial charge on any atom is 0.315 e. The molecular weight excluding hydrogens is 348 g/mol. The first kappa shape index (κ1) is 18.9. The number of nitrogens with zero attached hydrogens (tertiary/aromatic N) is 2. The summed E-state index contributed by atoms with van der Waals surface area (Å²) in [5.41, 5.74) is 1.83. The van der Waals surface area contributed by atoms with Crippen LogP contribution in [0.15, 0.2) is 40.5 Å². The molecule has 1 aromatic carbocycles. The number of carbonyl (C=O) groups is 2. The van der Waals surface area contributed by atoms with Crippen LogP contribution in [0.1, 0.15) is 51.5 Å². The number of nitro benzene ring substituents is 1. The second-order valence-electron chi connectivity index (χ2n) is 7.15. The van der Waals surface area contributed by atoms with Gasteiger partial charge in [0.2, 0.25) is 0 Å². The van der Waals surface area contributed by atoms with Crippen LogP contribution in [0.3, 0.4) is 0 Å². The Morgan fingerprint density at radius 1 is 1.30 bits per heavy atom. The minimum atomic E-state index is -0.853. The molecular formula is C20H22N2O5. The molecule has 0 saturated carbocycles. The molecule has 2 aliphatic rings. The number of esters is 1. The molecule has 7 heteroatoms. The predicted molar refractivity (Wildman–Crippen MR) is 99.5 cm³/mol. The minimum absolute atomic E-state index is 0.0991. The fourth-order valence-corrected chi connectivity index (χ4v) is 3.87. The molecule has 1 unspecified atom stereocenters. The number of para-hydroxylation sites is 1. The fraction of sp³-hybridized carbons (Fsp3) is 0.450. The third-order valence-corrected chi connectivity index (χ3v) is 4.91.